The summed E-state index contributed by atoms with van der Waals surface area (Å²) < 4.78 is 17.0. The predicted octanol–water partition coefficient (Wildman–Crippen LogP) is 5.32. The van der Waals surface area contributed by atoms with Crippen molar-refractivity contribution in [3.63, 3.8) is 0 Å². The molecule has 1 aromatic carbocycles. The van der Waals surface area contributed by atoms with E-state index in [-0.39, 0.29) is 18.2 Å². The van der Waals surface area contributed by atoms with E-state index < -0.39 is 0 Å². The molecule has 1 saturated heterocycles. The average Bonchev–Trinajstić information content (AvgIpc) is 2.71. The number of esters is 1. The van der Waals surface area contributed by atoms with E-state index in [4.69, 9.17) is 14.2 Å². The first-order valence-electron chi connectivity index (χ1n) is 10.6. The standard InChI is InChI=1S/C23H34O4/c1-3-4-17-7-14-22(26-16-17)19-8-10-20(11-9-19)23(24)27-21-12-5-18(6-13-21)15-25-2/h8-11,17-18,21-22H,3-7,12-16H2,1-2H3. The molecule has 0 bridgehead atoms. The molecule has 150 valence electrons. The van der Waals surface area contributed by atoms with Gasteiger partial charge in [-0.25, -0.2) is 4.79 Å². The van der Waals surface area contributed by atoms with Crippen molar-refractivity contribution < 1.29 is 19.0 Å². The number of carbonyl (C=O) groups excluding carboxylic acids is 1. The van der Waals surface area contributed by atoms with Crippen LogP contribution in [0.25, 0.3) is 0 Å². The predicted molar refractivity (Wildman–Crippen MR) is 106 cm³/mol. The Bertz CT molecular complexity index is 567. The molecule has 0 spiro atoms. The smallest absolute Gasteiger partial charge is 0.338 e. The van der Waals surface area contributed by atoms with Crippen LogP contribution in [0.2, 0.25) is 0 Å². The lowest BCUT2D eigenvalue weighted by molar-refractivity contribution is -0.0195. The van der Waals surface area contributed by atoms with Crippen LogP contribution in [0.15, 0.2) is 24.3 Å². The maximum absolute atomic E-state index is 12.4. The minimum Gasteiger partial charge on any atom is -0.459 e. The van der Waals surface area contributed by atoms with Crippen LogP contribution >= 0.6 is 0 Å². The molecule has 2 fully saturated rings. The lowest BCUT2D eigenvalue weighted by Gasteiger charge is -2.29. The number of methoxy groups -OCH3 is 1. The van der Waals surface area contributed by atoms with Crippen LogP contribution < -0.4 is 0 Å². The van der Waals surface area contributed by atoms with E-state index in [1.54, 1.807) is 7.11 Å². The van der Waals surface area contributed by atoms with Crippen LogP contribution in [0.3, 0.4) is 0 Å². The summed E-state index contributed by atoms with van der Waals surface area (Å²) in [6.07, 6.45) is 9.01. The van der Waals surface area contributed by atoms with Gasteiger partial charge in [0.25, 0.3) is 0 Å². The SMILES string of the molecule is CCCC1CCC(c2ccc(C(=O)OC3CCC(COC)CC3)cc2)OC1. The van der Waals surface area contributed by atoms with E-state index in [1.807, 2.05) is 24.3 Å². The van der Waals surface area contributed by atoms with E-state index in [0.717, 1.165) is 45.3 Å². The zero-order valence-electron chi connectivity index (χ0n) is 16.8. The second-order valence-electron chi connectivity index (χ2n) is 8.18. The van der Waals surface area contributed by atoms with Crippen molar-refractivity contribution in [3.8, 4) is 0 Å². The van der Waals surface area contributed by atoms with Gasteiger partial charge in [-0.05, 0) is 74.5 Å². The van der Waals surface area contributed by atoms with Crippen molar-refractivity contribution in [2.75, 3.05) is 20.3 Å². The van der Waals surface area contributed by atoms with Crippen molar-refractivity contribution >= 4 is 5.97 Å². The van der Waals surface area contributed by atoms with Crippen molar-refractivity contribution in [2.45, 2.75) is 70.5 Å². The second kappa shape index (κ2) is 10.2. The first kappa shape index (κ1) is 20.3. The van der Waals surface area contributed by atoms with Gasteiger partial charge in [-0.15, -0.1) is 0 Å². The molecule has 1 aromatic rings. The van der Waals surface area contributed by atoms with Crippen molar-refractivity contribution in [1.82, 2.24) is 0 Å². The zero-order valence-corrected chi connectivity index (χ0v) is 16.8. The summed E-state index contributed by atoms with van der Waals surface area (Å²) >= 11 is 0. The Morgan fingerprint density at radius 2 is 1.74 bits per heavy atom. The van der Waals surface area contributed by atoms with E-state index >= 15 is 0 Å². The summed E-state index contributed by atoms with van der Waals surface area (Å²) in [7, 11) is 1.75. The number of rotatable bonds is 7. The molecular formula is C23H34O4. The molecule has 1 saturated carbocycles. The third kappa shape index (κ3) is 5.79. The van der Waals surface area contributed by atoms with Crippen LogP contribution in [-0.4, -0.2) is 32.4 Å². The molecule has 4 heteroatoms. The second-order valence-corrected chi connectivity index (χ2v) is 8.18. The number of hydrogen-bond acceptors (Lipinski definition) is 4. The third-order valence-electron chi connectivity index (χ3n) is 6.06. The van der Waals surface area contributed by atoms with Gasteiger partial charge in [0.05, 0.1) is 18.3 Å². The molecule has 4 nitrogen and oxygen atoms in total. The van der Waals surface area contributed by atoms with Gasteiger partial charge in [-0.2, -0.15) is 0 Å². The molecule has 0 aromatic heterocycles. The molecule has 3 rings (SSSR count). The highest BCUT2D eigenvalue weighted by Gasteiger charge is 2.25. The van der Waals surface area contributed by atoms with Gasteiger partial charge in [-0.3, -0.25) is 0 Å². The zero-order chi connectivity index (χ0) is 19.1. The summed E-state index contributed by atoms with van der Waals surface area (Å²) in [6.45, 7) is 3.90. The third-order valence-corrected chi connectivity index (χ3v) is 6.06. The number of ether oxygens (including phenoxy) is 3. The quantitative estimate of drug-likeness (QED) is 0.606. The Labute approximate surface area is 163 Å². The number of carbonyl (C=O) groups is 1. The first-order valence-corrected chi connectivity index (χ1v) is 10.6. The lowest BCUT2D eigenvalue weighted by atomic mass is 9.88. The molecule has 1 aliphatic carbocycles. The molecule has 2 atom stereocenters. The highest BCUT2D eigenvalue weighted by molar-refractivity contribution is 5.89. The van der Waals surface area contributed by atoms with Crippen LogP contribution in [0, 0.1) is 11.8 Å². The van der Waals surface area contributed by atoms with E-state index in [2.05, 4.69) is 6.92 Å². The Morgan fingerprint density at radius 3 is 2.33 bits per heavy atom. The number of hydrogen-bond donors (Lipinski definition) is 0. The molecule has 0 N–H and O–H groups in total. The Kier molecular flexibility index (Phi) is 7.71. The average molecular weight is 375 g/mol. The van der Waals surface area contributed by atoms with E-state index in [0.29, 0.717) is 17.4 Å². The molecule has 2 unspecified atom stereocenters. The monoisotopic (exact) mass is 374 g/mol. The molecule has 1 aliphatic heterocycles. The molecule has 27 heavy (non-hydrogen) atoms. The summed E-state index contributed by atoms with van der Waals surface area (Å²) in [5, 5.41) is 0. The van der Waals surface area contributed by atoms with E-state index in [1.165, 1.54) is 24.8 Å². The molecule has 2 aliphatic rings. The molecule has 0 amide bonds. The highest BCUT2D eigenvalue weighted by atomic mass is 16.5. The van der Waals surface area contributed by atoms with Crippen molar-refractivity contribution in [2.24, 2.45) is 11.8 Å². The van der Waals surface area contributed by atoms with Gasteiger partial charge < -0.3 is 14.2 Å². The normalized spacial score (nSPS) is 28.7. The molecule has 0 radical (unpaired) electrons. The summed E-state index contributed by atoms with van der Waals surface area (Å²) in [5.74, 6) is 1.11. The highest BCUT2D eigenvalue weighted by Crippen LogP contribution is 2.32. The van der Waals surface area contributed by atoms with Crippen LogP contribution in [-0.2, 0) is 14.2 Å². The van der Waals surface area contributed by atoms with Gasteiger partial charge in [0.2, 0.25) is 0 Å². The number of benzene rings is 1. The fraction of sp³-hybridized carbons (Fsp3) is 0.696. The van der Waals surface area contributed by atoms with Crippen molar-refractivity contribution in [3.05, 3.63) is 35.4 Å². The maximum atomic E-state index is 12.4. The summed E-state index contributed by atoms with van der Waals surface area (Å²) in [6, 6.07) is 7.82. The topological polar surface area (TPSA) is 44.8 Å². The van der Waals surface area contributed by atoms with Crippen molar-refractivity contribution in [1.29, 1.82) is 0 Å². The van der Waals surface area contributed by atoms with Gasteiger partial charge >= 0.3 is 5.97 Å². The van der Waals surface area contributed by atoms with Gasteiger partial charge in [0.1, 0.15) is 6.10 Å². The molecule has 1 heterocycles. The van der Waals surface area contributed by atoms with E-state index in [9.17, 15) is 4.79 Å². The Morgan fingerprint density at radius 1 is 1.04 bits per heavy atom. The largest absolute Gasteiger partial charge is 0.459 e. The van der Waals surface area contributed by atoms with Gasteiger partial charge in [-0.1, -0.05) is 25.5 Å². The lowest BCUT2D eigenvalue weighted by Crippen LogP contribution is -2.26. The molecular weight excluding hydrogens is 340 g/mol. The minimum atomic E-state index is -0.204. The van der Waals surface area contributed by atoms with Gasteiger partial charge in [0.15, 0.2) is 0 Å². The van der Waals surface area contributed by atoms with Gasteiger partial charge in [0, 0.05) is 13.7 Å². The first-order chi connectivity index (χ1) is 13.2. The fourth-order valence-electron chi connectivity index (χ4n) is 4.41. The van der Waals surface area contributed by atoms with Crippen LogP contribution in [0.5, 0.6) is 0 Å². The van der Waals surface area contributed by atoms with Crippen LogP contribution in [0.4, 0.5) is 0 Å². The van der Waals surface area contributed by atoms with Crippen LogP contribution in [0.1, 0.15) is 80.3 Å². The summed E-state index contributed by atoms with van der Waals surface area (Å²) in [5.41, 5.74) is 1.80. The minimum absolute atomic E-state index is 0.0439. The summed E-state index contributed by atoms with van der Waals surface area (Å²) in [4.78, 5) is 12.4. The Hall–Kier alpha value is -1.39. The Balaban J connectivity index is 1.47. The maximum Gasteiger partial charge on any atom is 0.338 e. The fourth-order valence-corrected chi connectivity index (χ4v) is 4.41.